The predicted octanol–water partition coefficient (Wildman–Crippen LogP) is 1.53. The number of fused-ring (bicyclic) bond motifs is 1. The van der Waals surface area contributed by atoms with E-state index in [4.69, 9.17) is 0 Å². The summed E-state index contributed by atoms with van der Waals surface area (Å²) in [4.78, 5) is -0.343. The van der Waals surface area contributed by atoms with Gasteiger partial charge in [-0.2, -0.15) is 0 Å². The average molecular weight is 382 g/mol. The van der Waals surface area contributed by atoms with Crippen LogP contribution < -0.4 is 0 Å². The molecular weight excluding hydrogens is 374 g/mol. The second-order valence-electron chi connectivity index (χ2n) is 3.97. The Labute approximate surface area is 130 Å². The van der Waals surface area contributed by atoms with Crippen molar-refractivity contribution in [2.45, 2.75) is 4.90 Å². The zero-order valence-corrected chi connectivity index (χ0v) is 12.2. The van der Waals surface area contributed by atoms with Crippen molar-refractivity contribution in [2.75, 3.05) is 0 Å². The van der Waals surface area contributed by atoms with E-state index in [1.165, 1.54) is 0 Å². The summed E-state index contributed by atoms with van der Waals surface area (Å²) in [5.41, 5.74) is 1.45. The van der Waals surface area contributed by atoms with Crippen LogP contribution in [0.25, 0.3) is 22.2 Å². The zero-order chi connectivity index (χ0) is 13.5. The van der Waals surface area contributed by atoms with Gasteiger partial charge in [-0.1, -0.05) is 41.6 Å². The van der Waals surface area contributed by atoms with Crippen molar-refractivity contribution in [2.24, 2.45) is 0 Å². The fraction of sp³-hybridized carbons (Fsp3) is 0. The first-order valence-corrected chi connectivity index (χ1v) is 6.83. The summed E-state index contributed by atoms with van der Waals surface area (Å²) in [6.45, 7) is 0. The molecule has 6 nitrogen and oxygen atoms in total. The number of benzene rings is 2. The first-order valence-electron chi connectivity index (χ1n) is 5.42. The summed E-state index contributed by atoms with van der Waals surface area (Å²) in [7, 11) is -4.65. The topological polar surface area (TPSA) is 98.8 Å². The van der Waals surface area contributed by atoms with E-state index in [1.807, 2.05) is 6.07 Å². The average Bonchev–Trinajstić information content (AvgIpc) is 2.85. The fourth-order valence-corrected chi connectivity index (χ4v) is 2.83. The Morgan fingerprint density at radius 3 is 2.40 bits per heavy atom. The van der Waals surface area contributed by atoms with E-state index in [-0.39, 0.29) is 32.8 Å². The molecule has 0 amide bonds. The summed E-state index contributed by atoms with van der Waals surface area (Å²) in [5.74, 6) is 0. The van der Waals surface area contributed by atoms with Gasteiger partial charge in [-0.05, 0) is 11.6 Å². The van der Waals surface area contributed by atoms with Gasteiger partial charge in [-0.15, -0.1) is 5.10 Å². The first-order chi connectivity index (χ1) is 9.07. The van der Waals surface area contributed by atoms with E-state index in [1.54, 1.807) is 36.4 Å². The zero-order valence-electron chi connectivity index (χ0n) is 9.87. The van der Waals surface area contributed by atoms with Crippen molar-refractivity contribution >= 4 is 21.2 Å². The molecule has 0 aliphatic heterocycles. The number of H-pyrrole nitrogens is 1. The second kappa shape index (κ2) is 5.47. The van der Waals surface area contributed by atoms with Crippen molar-refractivity contribution in [3.05, 3.63) is 42.5 Å². The Morgan fingerprint density at radius 2 is 1.75 bits per heavy atom. The van der Waals surface area contributed by atoms with Crippen molar-refractivity contribution in [1.29, 1.82) is 0 Å². The number of aromatic nitrogens is 3. The van der Waals surface area contributed by atoms with Crippen LogP contribution in [0.15, 0.2) is 47.4 Å². The van der Waals surface area contributed by atoms with Crippen molar-refractivity contribution in [3.63, 3.8) is 0 Å². The van der Waals surface area contributed by atoms with Crippen LogP contribution >= 0.6 is 0 Å². The van der Waals surface area contributed by atoms with Crippen LogP contribution in [-0.2, 0) is 32.5 Å². The van der Waals surface area contributed by atoms with Crippen molar-refractivity contribution < 1.29 is 35.4 Å². The Balaban J connectivity index is 0.00000147. The van der Waals surface area contributed by atoms with Gasteiger partial charge in [-0.3, -0.25) is 5.10 Å². The number of aromatic amines is 1. The minimum Gasteiger partial charge on any atom is -0.744 e. The van der Waals surface area contributed by atoms with Gasteiger partial charge in [0.2, 0.25) is 0 Å². The predicted molar refractivity (Wildman–Crippen MR) is 67.3 cm³/mol. The van der Waals surface area contributed by atoms with Gasteiger partial charge in [-0.25, -0.2) is 8.42 Å². The molecule has 1 N–H and O–H groups in total. The standard InChI is InChI=1S/C12H9N3O3S.Ag/c16-19(17,18)12-9(8-4-2-1-3-5-8)6-7-10-11(12)14-15-13-10;/h1-7H,(H,13,14,15)(H,16,17,18);/q;+1/p-1. The SMILES string of the molecule is O=S(=O)([O-])c1c(-c2ccccc2)ccc2[nH]nnc12.[Ag+]. The minimum atomic E-state index is -4.65. The molecule has 20 heavy (non-hydrogen) atoms. The minimum absolute atomic E-state index is 0. The maximum Gasteiger partial charge on any atom is 1.00 e. The largest absolute Gasteiger partial charge is 1.00 e. The number of hydrogen-bond donors (Lipinski definition) is 1. The molecule has 0 unspecified atom stereocenters. The summed E-state index contributed by atoms with van der Waals surface area (Å²) in [6, 6.07) is 12.0. The Morgan fingerprint density at radius 1 is 1.05 bits per heavy atom. The molecule has 1 aromatic heterocycles. The van der Waals surface area contributed by atoms with Crippen LogP contribution in [0.4, 0.5) is 0 Å². The van der Waals surface area contributed by atoms with E-state index < -0.39 is 10.1 Å². The third kappa shape index (κ3) is 2.54. The van der Waals surface area contributed by atoms with E-state index in [0.29, 0.717) is 16.6 Å². The molecule has 0 saturated heterocycles. The monoisotopic (exact) mass is 381 g/mol. The van der Waals surface area contributed by atoms with Crippen molar-refractivity contribution in [1.82, 2.24) is 15.4 Å². The van der Waals surface area contributed by atoms with E-state index in [0.717, 1.165) is 0 Å². The maximum atomic E-state index is 11.5. The van der Waals surface area contributed by atoms with Gasteiger partial charge < -0.3 is 4.55 Å². The van der Waals surface area contributed by atoms with Gasteiger partial charge >= 0.3 is 22.4 Å². The number of hydrogen-bond acceptors (Lipinski definition) is 5. The molecule has 3 aromatic rings. The van der Waals surface area contributed by atoms with Crippen LogP contribution in [0.5, 0.6) is 0 Å². The van der Waals surface area contributed by atoms with E-state index in [2.05, 4.69) is 15.4 Å². The number of rotatable bonds is 2. The third-order valence-electron chi connectivity index (χ3n) is 2.79. The molecule has 0 atom stereocenters. The molecule has 2 aromatic carbocycles. The number of nitrogens with one attached hydrogen (secondary N) is 1. The van der Waals surface area contributed by atoms with E-state index in [9.17, 15) is 13.0 Å². The van der Waals surface area contributed by atoms with Gasteiger partial charge in [0, 0.05) is 5.56 Å². The van der Waals surface area contributed by atoms with Gasteiger partial charge in [0.1, 0.15) is 15.6 Å². The number of nitrogens with zero attached hydrogens (tertiary/aromatic N) is 2. The smallest absolute Gasteiger partial charge is 0.744 e. The van der Waals surface area contributed by atoms with E-state index >= 15 is 0 Å². The Bertz CT molecular complexity index is 847. The van der Waals surface area contributed by atoms with Gasteiger partial charge in [0.05, 0.1) is 10.4 Å². The van der Waals surface area contributed by atoms with Gasteiger partial charge in [0.15, 0.2) is 0 Å². The molecule has 106 valence electrons. The molecule has 0 aliphatic rings. The Kier molecular flexibility index (Phi) is 4.07. The quantitative estimate of drug-likeness (QED) is 0.535. The van der Waals surface area contributed by atoms with Crippen LogP contribution in [0, 0.1) is 0 Å². The van der Waals surface area contributed by atoms with Crippen LogP contribution in [-0.4, -0.2) is 28.4 Å². The second-order valence-corrected chi connectivity index (χ2v) is 5.29. The molecular formula is C12H8AgN3O3S. The van der Waals surface area contributed by atoms with Gasteiger partial charge in [0.25, 0.3) is 0 Å². The third-order valence-corrected chi connectivity index (χ3v) is 3.70. The molecule has 0 spiro atoms. The van der Waals surface area contributed by atoms with Crippen LogP contribution in [0.2, 0.25) is 0 Å². The summed E-state index contributed by atoms with van der Waals surface area (Å²) >= 11 is 0. The molecule has 0 fully saturated rings. The van der Waals surface area contributed by atoms with Crippen LogP contribution in [0.1, 0.15) is 0 Å². The first kappa shape index (κ1) is 14.9. The summed E-state index contributed by atoms with van der Waals surface area (Å²) < 4.78 is 34.5. The molecule has 0 aliphatic carbocycles. The molecule has 1 heterocycles. The summed E-state index contributed by atoms with van der Waals surface area (Å²) in [5, 5.41) is 9.76. The normalized spacial score (nSPS) is 11.2. The molecule has 0 radical (unpaired) electrons. The molecule has 8 heteroatoms. The molecule has 0 saturated carbocycles. The van der Waals surface area contributed by atoms with Crippen LogP contribution in [0.3, 0.4) is 0 Å². The maximum absolute atomic E-state index is 11.5. The fourth-order valence-electron chi connectivity index (χ4n) is 1.99. The molecule has 0 bridgehead atoms. The van der Waals surface area contributed by atoms with Crippen molar-refractivity contribution in [3.8, 4) is 11.1 Å². The Hall–Kier alpha value is -1.51. The summed E-state index contributed by atoms with van der Waals surface area (Å²) in [6.07, 6.45) is 0. The molecule has 3 rings (SSSR count).